The molecule has 0 bridgehead atoms. The van der Waals surface area contributed by atoms with E-state index in [1.165, 1.54) is 17.2 Å². The number of hydrogen-bond acceptors (Lipinski definition) is 6. The van der Waals surface area contributed by atoms with Gasteiger partial charge in [-0.1, -0.05) is 30.3 Å². The summed E-state index contributed by atoms with van der Waals surface area (Å²) in [5.74, 6) is 0. The largest absolute Gasteiger partial charge is 0.361 e. The summed E-state index contributed by atoms with van der Waals surface area (Å²) >= 11 is 3.35. The van der Waals surface area contributed by atoms with Crippen LogP contribution in [0.2, 0.25) is 0 Å². The van der Waals surface area contributed by atoms with Crippen LogP contribution in [0, 0.1) is 10.1 Å². The van der Waals surface area contributed by atoms with Crippen LogP contribution in [0.1, 0.15) is 5.56 Å². The van der Waals surface area contributed by atoms with E-state index in [9.17, 15) is 14.9 Å². The number of fused-ring (bicyclic) bond motifs is 1. The number of anilines is 1. The van der Waals surface area contributed by atoms with E-state index in [2.05, 4.69) is 37.9 Å². The maximum atomic E-state index is 12.7. The zero-order valence-electron chi connectivity index (χ0n) is 15.9. The van der Waals surface area contributed by atoms with Gasteiger partial charge in [0.1, 0.15) is 10.1 Å². The smallest absolute Gasteiger partial charge is 0.359 e. The minimum Gasteiger partial charge on any atom is -0.361 e. The second kappa shape index (κ2) is 7.92. The van der Waals surface area contributed by atoms with Crippen LogP contribution in [-0.2, 0) is 13.6 Å². The average Bonchev–Trinajstić information content (AvgIpc) is 2.71. The van der Waals surface area contributed by atoms with E-state index in [4.69, 9.17) is 0 Å². The maximum Gasteiger partial charge on any atom is 0.359 e. The van der Waals surface area contributed by atoms with Crippen molar-refractivity contribution in [1.29, 1.82) is 0 Å². The Bertz CT molecular complexity index is 1120. The van der Waals surface area contributed by atoms with Crippen LogP contribution in [0.4, 0.5) is 11.4 Å². The molecule has 29 heavy (non-hydrogen) atoms. The molecule has 3 heterocycles. The molecule has 0 atom stereocenters. The molecule has 9 heteroatoms. The molecule has 0 N–H and O–H groups in total. The molecular weight excluding hydrogens is 438 g/mol. The number of piperazine rings is 1. The van der Waals surface area contributed by atoms with Crippen LogP contribution in [0.3, 0.4) is 0 Å². The first kappa shape index (κ1) is 19.5. The normalized spacial score (nSPS) is 15.0. The highest BCUT2D eigenvalue weighted by atomic mass is 79.9. The summed E-state index contributed by atoms with van der Waals surface area (Å²) < 4.78 is 1.86. The van der Waals surface area contributed by atoms with Crippen molar-refractivity contribution in [3.63, 3.8) is 0 Å². The van der Waals surface area contributed by atoms with Crippen molar-refractivity contribution < 1.29 is 4.92 Å². The van der Waals surface area contributed by atoms with E-state index in [1.54, 1.807) is 12.1 Å². The number of aromatic nitrogens is 2. The Morgan fingerprint density at radius 2 is 1.79 bits per heavy atom. The van der Waals surface area contributed by atoms with E-state index in [0.717, 1.165) is 19.6 Å². The molecule has 1 aromatic carbocycles. The van der Waals surface area contributed by atoms with Gasteiger partial charge in [-0.15, -0.1) is 0 Å². The van der Waals surface area contributed by atoms with Gasteiger partial charge in [0, 0.05) is 39.8 Å². The summed E-state index contributed by atoms with van der Waals surface area (Å²) in [6.45, 7) is 3.50. The van der Waals surface area contributed by atoms with Crippen LogP contribution in [0.25, 0.3) is 11.0 Å². The van der Waals surface area contributed by atoms with Crippen molar-refractivity contribution >= 4 is 38.3 Å². The standard InChI is InChI=1S/C20H20BrN5O3/c1-23-15-7-8-16(21)22-17(15)18(19(20(23)27)26(28)29)25-11-9-24(10-12-25)13-14-5-3-2-4-6-14/h2-8H,9-13H2,1H3. The summed E-state index contributed by atoms with van der Waals surface area (Å²) in [5.41, 5.74) is 1.55. The van der Waals surface area contributed by atoms with Crippen molar-refractivity contribution in [1.82, 2.24) is 14.5 Å². The van der Waals surface area contributed by atoms with Gasteiger partial charge < -0.3 is 9.47 Å². The van der Waals surface area contributed by atoms with Crippen LogP contribution in [0.5, 0.6) is 0 Å². The summed E-state index contributed by atoms with van der Waals surface area (Å²) in [4.78, 5) is 32.6. The molecule has 0 amide bonds. The molecule has 0 radical (unpaired) electrons. The summed E-state index contributed by atoms with van der Waals surface area (Å²) in [5, 5.41) is 11.8. The number of hydrogen-bond donors (Lipinski definition) is 0. The van der Waals surface area contributed by atoms with Crippen LogP contribution in [0.15, 0.2) is 51.9 Å². The van der Waals surface area contributed by atoms with Gasteiger partial charge in [0.25, 0.3) is 0 Å². The van der Waals surface area contributed by atoms with Crippen LogP contribution >= 0.6 is 15.9 Å². The molecule has 0 aliphatic carbocycles. The van der Waals surface area contributed by atoms with E-state index in [1.807, 2.05) is 23.1 Å². The highest BCUT2D eigenvalue weighted by Crippen LogP contribution is 2.33. The molecule has 1 fully saturated rings. The molecule has 0 spiro atoms. The molecule has 0 saturated carbocycles. The van der Waals surface area contributed by atoms with Crippen molar-refractivity contribution in [3.05, 3.63) is 73.1 Å². The molecule has 1 aliphatic heterocycles. The molecule has 0 unspecified atom stereocenters. The van der Waals surface area contributed by atoms with Gasteiger partial charge in [0.05, 0.1) is 10.4 Å². The zero-order valence-corrected chi connectivity index (χ0v) is 17.5. The molecular formula is C20H20BrN5O3. The van der Waals surface area contributed by atoms with Crippen molar-refractivity contribution in [2.24, 2.45) is 7.05 Å². The van der Waals surface area contributed by atoms with Gasteiger partial charge in [-0.25, -0.2) is 4.98 Å². The Hall–Kier alpha value is -2.78. The number of benzene rings is 1. The number of halogens is 1. The Morgan fingerprint density at radius 1 is 1.10 bits per heavy atom. The van der Waals surface area contributed by atoms with Gasteiger partial charge in [-0.05, 0) is 33.6 Å². The molecule has 2 aromatic heterocycles. The van der Waals surface area contributed by atoms with Crippen LogP contribution in [-0.4, -0.2) is 45.6 Å². The fourth-order valence-corrected chi connectivity index (χ4v) is 4.10. The number of nitrogens with zero attached hydrogens (tertiary/aromatic N) is 5. The van der Waals surface area contributed by atoms with Crippen molar-refractivity contribution in [3.8, 4) is 0 Å². The molecule has 150 valence electrons. The second-order valence-electron chi connectivity index (χ2n) is 7.07. The van der Waals surface area contributed by atoms with E-state index < -0.39 is 16.2 Å². The zero-order chi connectivity index (χ0) is 20.5. The fraction of sp³-hybridized carbons (Fsp3) is 0.300. The maximum absolute atomic E-state index is 12.7. The first-order valence-electron chi connectivity index (χ1n) is 9.30. The predicted molar refractivity (Wildman–Crippen MR) is 115 cm³/mol. The van der Waals surface area contributed by atoms with Gasteiger partial charge in [0.15, 0.2) is 5.69 Å². The third kappa shape index (κ3) is 3.75. The molecule has 8 nitrogen and oxygen atoms in total. The summed E-state index contributed by atoms with van der Waals surface area (Å²) in [6.07, 6.45) is 0. The molecule has 3 aromatic rings. The Kier molecular flexibility index (Phi) is 5.33. The molecule has 1 saturated heterocycles. The van der Waals surface area contributed by atoms with Crippen molar-refractivity contribution in [2.75, 3.05) is 31.1 Å². The third-order valence-corrected chi connectivity index (χ3v) is 5.72. The lowest BCUT2D eigenvalue weighted by Gasteiger charge is -2.36. The lowest BCUT2D eigenvalue weighted by Crippen LogP contribution is -2.46. The monoisotopic (exact) mass is 457 g/mol. The van der Waals surface area contributed by atoms with Crippen molar-refractivity contribution in [2.45, 2.75) is 6.54 Å². The quantitative estimate of drug-likeness (QED) is 0.340. The second-order valence-corrected chi connectivity index (χ2v) is 7.88. The Balaban J connectivity index is 1.70. The average molecular weight is 458 g/mol. The first-order valence-corrected chi connectivity index (χ1v) is 10.1. The van der Waals surface area contributed by atoms with Gasteiger partial charge in [-0.3, -0.25) is 19.8 Å². The van der Waals surface area contributed by atoms with E-state index in [0.29, 0.717) is 34.4 Å². The minimum atomic E-state index is -0.617. The summed E-state index contributed by atoms with van der Waals surface area (Å²) in [6, 6.07) is 13.7. The summed E-state index contributed by atoms with van der Waals surface area (Å²) in [7, 11) is 1.54. The first-order chi connectivity index (χ1) is 14.0. The lowest BCUT2D eigenvalue weighted by molar-refractivity contribution is -0.385. The van der Waals surface area contributed by atoms with Gasteiger partial charge in [-0.2, -0.15) is 0 Å². The Labute approximate surface area is 175 Å². The SMILES string of the molecule is Cn1c(=O)c([N+](=O)[O-])c(N2CCN(Cc3ccccc3)CC2)c2nc(Br)ccc21. The molecule has 1 aliphatic rings. The number of aryl methyl sites for hydroxylation is 1. The highest BCUT2D eigenvalue weighted by molar-refractivity contribution is 9.10. The topological polar surface area (TPSA) is 84.5 Å². The molecule has 4 rings (SSSR count). The van der Waals surface area contributed by atoms with Gasteiger partial charge >= 0.3 is 11.2 Å². The lowest BCUT2D eigenvalue weighted by atomic mass is 10.1. The minimum absolute atomic E-state index is 0.314. The van der Waals surface area contributed by atoms with E-state index >= 15 is 0 Å². The van der Waals surface area contributed by atoms with Crippen LogP contribution < -0.4 is 10.5 Å². The number of rotatable bonds is 4. The highest BCUT2D eigenvalue weighted by Gasteiger charge is 2.31. The third-order valence-electron chi connectivity index (χ3n) is 5.28. The Morgan fingerprint density at radius 3 is 2.45 bits per heavy atom. The van der Waals surface area contributed by atoms with E-state index in [-0.39, 0.29) is 0 Å². The predicted octanol–water partition coefficient (Wildman–Crippen LogP) is 2.93. The number of nitro groups is 1. The fourth-order valence-electron chi connectivity index (χ4n) is 3.79. The van der Waals surface area contributed by atoms with Gasteiger partial charge in [0.2, 0.25) is 0 Å². The number of pyridine rings is 2.